The molecule has 0 saturated heterocycles. The summed E-state index contributed by atoms with van der Waals surface area (Å²) in [6.45, 7) is 19.0. The number of ether oxygens (including phenoxy) is 5. The van der Waals surface area contributed by atoms with Crippen molar-refractivity contribution in [3.05, 3.63) is 22.3 Å². The molecule has 1 heterocycles. The number of carbonyl (C=O) groups is 2. The largest absolute Gasteiger partial charge is 0.487 e. The van der Waals surface area contributed by atoms with Crippen LogP contribution in [0.5, 0.6) is 11.5 Å². The third-order valence-electron chi connectivity index (χ3n) is 9.69. The molecule has 270 valence electrons. The van der Waals surface area contributed by atoms with Crippen LogP contribution in [0.25, 0.3) is 0 Å². The van der Waals surface area contributed by atoms with Gasteiger partial charge in [-0.25, -0.2) is 0 Å². The lowest BCUT2D eigenvalue weighted by Gasteiger charge is -2.38. The van der Waals surface area contributed by atoms with E-state index in [-0.39, 0.29) is 44.9 Å². The van der Waals surface area contributed by atoms with E-state index in [2.05, 4.69) is 34.6 Å². The van der Waals surface area contributed by atoms with Crippen molar-refractivity contribution in [1.29, 1.82) is 0 Å². The fraction of sp³-hybridized carbons (Fsp3) is 0.795. The summed E-state index contributed by atoms with van der Waals surface area (Å²) >= 11 is 0. The zero-order chi connectivity index (χ0) is 34.8. The van der Waals surface area contributed by atoms with Crippen LogP contribution in [-0.2, 0) is 30.2 Å². The second kappa shape index (κ2) is 21.7. The van der Waals surface area contributed by atoms with E-state index in [9.17, 15) is 9.59 Å². The molecule has 0 bridgehead atoms. The van der Waals surface area contributed by atoms with E-state index >= 15 is 0 Å². The first-order valence-electron chi connectivity index (χ1n) is 18.3. The second-order valence-electron chi connectivity index (χ2n) is 14.6. The molecule has 0 aliphatic carbocycles. The Bertz CT molecular complexity index is 1080. The normalized spacial score (nSPS) is 17.2. The number of benzene rings is 1. The van der Waals surface area contributed by atoms with E-state index in [0.29, 0.717) is 19.0 Å². The van der Waals surface area contributed by atoms with E-state index in [1.54, 1.807) is 0 Å². The van der Waals surface area contributed by atoms with Gasteiger partial charge >= 0.3 is 11.9 Å². The lowest BCUT2D eigenvalue weighted by molar-refractivity contribution is -0.148. The molecule has 1 aromatic carbocycles. The summed E-state index contributed by atoms with van der Waals surface area (Å²) in [5, 5.41) is 8.67. The van der Waals surface area contributed by atoms with Crippen LogP contribution in [0.1, 0.15) is 134 Å². The lowest BCUT2D eigenvalue weighted by atomic mass is 9.83. The van der Waals surface area contributed by atoms with Crippen LogP contribution in [0.4, 0.5) is 0 Å². The Labute approximate surface area is 285 Å². The van der Waals surface area contributed by atoms with Gasteiger partial charge in [0, 0.05) is 5.56 Å². The van der Waals surface area contributed by atoms with Gasteiger partial charge < -0.3 is 28.8 Å². The monoisotopic (exact) mass is 662 g/mol. The number of aliphatic hydroxyl groups is 1. The minimum absolute atomic E-state index is 0.0303. The van der Waals surface area contributed by atoms with E-state index < -0.39 is 11.9 Å². The molecule has 0 radical (unpaired) electrons. The number of rotatable bonds is 24. The molecule has 0 spiro atoms. The number of fused-ring (bicyclic) bond motifs is 1. The quantitative estimate of drug-likeness (QED) is 0.0669. The summed E-state index contributed by atoms with van der Waals surface area (Å²) < 4.78 is 28.1. The number of aliphatic hydroxyl groups excluding tert-OH is 1. The maximum atomic E-state index is 12.7. The molecular formula is C39H66O8. The van der Waals surface area contributed by atoms with Crippen LogP contribution in [0.15, 0.2) is 0 Å². The summed E-state index contributed by atoms with van der Waals surface area (Å²) in [5.74, 6) is 2.98. The molecule has 1 N–H and O–H groups in total. The van der Waals surface area contributed by atoms with Crippen LogP contribution in [0.3, 0.4) is 0 Å². The van der Waals surface area contributed by atoms with Gasteiger partial charge in [-0.05, 0) is 87.8 Å². The van der Waals surface area contributed by atoms with E-state index in [1.165, 1.54) is 51.4 Å². The zero-order valence-corrected chi connectivity index (χ0v) is 31.0. The van der Waals surface area contributed by atoms with Crippen molar-refractivity contribution in [2.75, 3.05) is 39.6 Å². The molecule has 1 aliphatic rings. The van der Waals surface area contributed by atoms with Crippen molar-refractivity contribution in [2.24, 2.45) is 17.8 Å². The third-order valence-corrected chi connectivity index (χ3v) is 9.69. The Morgan fingerprint density at radius 2 is 1.34 bits per heavy atom. The predicted octanol–water partition coefficient (Wildman–Crippen LogP) is 8.39. The summed E-state index contributed by atoms with van der Waals surface area (Å²) in [5.41, 5.74) is 3.77. The van der Waals surface area contributed by atoms with Crippen molar-refractivity contribution < 1.29 is 38.4 Å². The van der Waals surface area contributed by atoms with Crippen molar-refractivity contribution in [1.82, 2.24) is 0 Å². The highest BCUT2D eigenvalue weighted by molar-refractivity contribution is 5.80. The zero-order valence-electron chi connectivity index (χ0n) is 31.0. The van der Waals surface area contributed by atoms with Gasteiger partial charge in [0.15, 0.2) is 0 Å². The van der Waals surface area contributed by atoms with Crippen LogP contribution in [-0.4, -0.2) is 62.3 Å². The van der Waals surface area contributed by atoms with Crippen molar-refractivity contribution in [2.45, 2.75) is 144 Å². The standard InChI is InChI=1S/C39H66O8/c1-28(2)12-9-13-29(3)14-10-15-30(4)16-11-20-39(8)21-19-34-33(7)37(31(5)32(6)38(34)47-39)46-36(42)18-17-35(41)45-27-26-44-25-24-43-23-22-40/h28-30,40H,9-27H2,1-8H3/t29-,30+,39+/m1/s1. The summed E-state index contributed by atoms with van der Waals surface area (Å²) in [6.07, 6.45) is 13.2. The highest BCUT2D eigenvalue weighted by atomic mass is 16.6. The van der Waals surface area contributed by atoms with Gasteiger partial charge in [-0.2, -0.15) is 0 Å². The van der Waals surface area contributed by atoms with Gasteiger partial charge in [-0.3, -0.25) is 9.59 Å². The topological polar surface area (TPSA) is 101 Å². The minimum atomic E-state index is -0.471. The summed E-state index contributed by atoms with van der Waals surface area (Å²) in [4.78, 5) is 24.8. The van der Waals surface area contributed by atoms with Gasteiger partial charge in [0.25, 0.3) is 0 Å². The maximum absolute atomic E-state index is 12.7. The number of carbonyl (C=O) groups excluding carboxylic acids is 2. The molecule has 3 atom stereocenters. The molecule has 0 aromatic heterocycles. The van der Waals surface area contributed by atoms with Gasteiger partial charge in [0.1, 0.15) is 23.7 Å². The SMILES string of the molecule is Cc1c(C)c2c(c(C)c1OC(=O)CCC(=O)OCCOCCOCCO)CC[C@](C)(CCC[C@@H](C)CCC[C@H](C)CCCC(C)C)O2. The highest BCUT2D eigenvalue weighted by Gasteiger charge is 2.35. The second-order valence-corrected chi connectivity index (χ2v) is 14.6. The molecule has 0 saturated carbocycles. The fourth-order valence-corrected chi connectivity index (χ4v) is 6.46. The molecular weight excluding hydrogens is 596 g/mol. The summed E-state index contributed by atoms with van der Waals surface area (Å²) in [6, 6.07) is 0. The first-order chi connectivity index (χ1) is 22.4. The average molecular weight is 663 g/mol. The number of esters is 2. The Hall–Kier alpha value is -2.16. The Balaban J connectivity index is 1.78. The molecule has 2 rings (SSSR count). The van der Waals surface area contributed by atoms with Gasteiger partial charge in [0.05, 0.1) is 45.9 Å². The van der Waals surface area contributed by atoms with Crippen LogP contribution in [0.2, 0.25) is 0 Å². The average Bonchev–Trinajstić information content (AvgIpc) is 3.02. The van der Waals surface area contributed by atoms with Crippen molar-refractivity contribution >= 4 is 11.9 Å². The van der Waals surface area contributed by atoms with E-state index in [4.69, 9.17) is 28.8 Å². The summed E-state index contributed by atoms with van der Waals surface area (Å²) in [7, 11) is 0. The molecule has 0 unspecified atom stereocenters. The first kappa shape index (κ1) is 41.0. The Morgan fingerprint density at radius 3 is 1.98 bits per heavy atom. The number of hydrogen-bond acceptors (Lipinski definition) is 8. The van der Waals surface area contributed by atoms with Crippen LogP contribution in [0, 0.1) is 38.5 Å². The molecule has 1 aliphatic heterocycles. The predicted molar refractivity (Wildman–Crippen MR) is 187 cm³/mol. The van der Waals surface area contributed by atoms with Crippen LogP contribution < -0.4 is 9.47 Å². The Kier molecular flexibility index (Phi) is 19.0. The van der Waals surface area contributed by atoms with Gasteiger partial charge in [-0.15, -0.1) is 0 Å². The smallest absolute Gasteiger partial charge is 0.311 e. The molecule has 47 heavy (non-hydrogen) atoms. The maximum Gasteiger partial charge on any atom is 0.311 e. The number of hydrogen-bond donors (Lipinski definition) is 1. The van der Waals surface area contributed by atoms with E-state index in [1.807, 2.05) is 20.8 Å². The molecule has 8 heteroatoms. The van der Waals surface area contributed by atoms with Crippen molar-refractivity contribution in [3.8, 4) is 11.5 Å². The van der Waals surface area contributed by atoms with Crippen LogP contribution >= 0.6 is 0 Å². The van der Waals surface area contributed by atoms with Crippen molar-refractivity contribution in [3.63, 3.8) is 0 Å². The highest BCUT2D eigenvalue weighted by Crippen LogP contribution is 2.45. The molecule has 1 aromatic rings. The first-order valence-corrected chi connectivity index (χ1v) is 18.3. The third kappa shape index (κ3) is 15.3. The van der Waals surface area contributed by atoms with Gasteiger partial charge in [0.2, 0.25) is 0 Å². The molecule has 0 fully saturated rings. The minimum Gasteiger partial charge on any atom is -0.487 e. The van der Waals surface area contributed by atoms with Gasteiger partial charge in [-0.1, -0.05) is 72.6 Å². The molecule has 8 nitrogen and oxygen atoms in total. The van der Waals surface area contributed by atoms with E-state index in [0.717, 1.165) is 65.0 Å². The Morgan fingerprint density at radius 1 is 0.766 bits per heavy atom. The fourth-order valence-electron chi connectivity index (χ4n) is 6.46. The lowest BCUT2D eigenvalue weighted by Crippen LogP contribution is -2.37. The molecule has 0 amide bonds.